The number of carbonyl (C=O) groups is 3. The molecule has 0 saturated carbocycles. The van der Waals surface area contributed by atoms with Crippen LogP contribution in [0.15, 0.2) is 108 Å². The zero-order valence-corrected chi connectivity index (χ0v) is 21.8. The normalized spacial score (nSPS) is 11.4. The van der Waals surface area contributed by atoms with Gasteiger partial charge in [0, 0.05) is 19.8 Å². The summed E-state index contributed by atoms with van der Waals surface area (Å²) in [5.41, 5.74) is 2.05. The lowest BCUT2D eigenvalue weighted by atomic mass is 10.1. The summed E-state index contributed by atoms with van der Waals surface area (Å²) >= 11 is 3.57. The lowest BCUT2D eigenvalue weighted by Gasteiger charge is -2.18. The van der Waals surface area contributed by atoms with Crippen LogP contribution in [0.3, 0.4) is 0 Å². The molecule has 3 N–H and O–H groups in total. The third-order valence-electron chi connectivity index (χ3n) is 5.20. The van der Waals surface area contributed by atoms with E-state index in [1.807, 2.05) is 60.7 Å². The fourth-order valence-corrected chi connectivity index (χ4v) is 4.93. The number of thioether (sulfide) groups is 1. The number of carbonyl (C=O) groups excluding carboxylic acids is 2. The van der Waals surface area contributed by atoms with Gasteiger partial charge in [-0.05, 0) is 82.8 Å². The molecular weight excluding hydrogens is 587 g/mol. The van der Waals surface area contributed by atoms with E-state index >= 15 is 0 Å². The number of anilines is 2. The molecule has 1 atom stereocenters. The molecule has 0 radical (unpaired) electrons. The molecule has 1 unspecified atom stereocenters. The van der Waals surface area contributed by atoms with Gasteiger partial charge in [-0.3, -0.25) is 9.59 Å². The summed E-state index contributed by atoms with van der Waals surface area (Å²) in [5, 5.41) is 14.6. The molecule has 0 aliphatic heterocycles. The smallest absolute Gasteiger partial charge is 0.336 e. The summed E-state index contributed by atoms with van der Waals surface area (Å²) in [6.07, 6.45) is 0. The largest absolute Gasteiger partial charge is 0.478 e. The van der Waals surface area contributed by atoms with Gasteiger partial charge in [-0.15, -0.1) is 11.8 Å². The third-order valence-corrected chi connectivity index (χ3v) is 7.17. The predicted molar refractivity (Wildman–Crippen MR) is 151 cm³/mol. The predicted octanol–water partition coefficient (Wildman–Crippen LogP) is 6.71. The van der Waals surface area contributed by atoms with Gasteiger partial charge < -0.3 is 15.7 Å². The van der Waals surface area contributed by atoms with E-state index in [0.29, 0.717) is 11.4 Å². The lowest BCUT2D eigenvalue weighted by molar-refractivity contribution is -0.115. The Balaban J connectivity index is 1.55. The second-order valence-electron chi connectivity index (χ2n) is 7.74. The summed E-state index contributed by atoms with van der Waals surface area (Å²) in [6.45, 7) is 0. The van der Waals surface area contributed by atoms with E-state index in [0.717, 1.165) is 14.0 Å². The highest BCUT2D eigenvalue weighted by atomic mass is 127. The van der Waals surface area contributed by atoms with Crippen molar-refractivity contribution < 1.29 is 19.5 Å². The monoisotopic (exact) mass is 608 g/mol. The Kier molecular flexibility index (Phi) is 8.40. The van der Waals surface area contributed by atoms with Gasteiger partial charge in [0.05, 0.1) is 11.1 Å². The Bertz CT molecular complexity index is 1390. The minimum absolute atomic E-state index is 0.0714. The lowest BCUT2D eigenvalue weighted by Crippen LogP contribution is -2.19. The van der Waals surface area contributed by atoms with Crippen LogP contribution in [0.1, 0.15) is 31.5 Å². The quantitative estimate of drug-likeness (QED) is 0.153. The van der Waals surface area contributed by atoms with E-state index in [1.54, 1.807) is 30.3 Å². The highest BCUT2D eigenvalue weighted by Crippen LogP contribution is 2.37. The van der Waals surface area contributed by atoms with Crippen LogP contribution in [-0.4, -0.2) is 22.9 Å². The first kappa shape index (κ1) is 25.5. The molecule has 0 fully saturated rings. The van der Waals surface area contributed by atoms with Gasteiger partial charge in [-0.2, -0.15) is 0 Å². The standard InChI is InChI=1S/C28H21IN2O4S/c29-19-13-15-20(16-14-19)30-27(33)25(18-7-2-1-3-8-18)36-22-10-6-9-21(17-22)31-26(32)23-11-4-5-12-24(23)28(34)35/h1-17,25H,(H,30,33)(H,31,32)(H,34,35). The van der Waals surface area contributed by atoms with Crippen LogP contribution in [0.4, 0.5) is 11.4 Å². The van der Waals surface area contributed by atoms with E-state index < -0.39 is 17.1 Å². The number of hydrogen-bond acceptors (Lipinski definition) is 4. The molecule has 0 aliphatic carbocycles. The summed E-state index contributed by atoms with van der Waals surface area (Å²) in [5.74, 6) is -1.86. The minimum atomic E-state index is -1.17. The summed E-state index contributed by atoms with van der Waals surface area (Å²) in [6, 6.07) is 30.2. The van der Waals surface area contributed by atoms with E-state index in [2.05, 4.69) is 33.2 Å². The van der Waals surface area contributed by atoms with Gasteiger partial charge in [-0.1, -0.05) is 48.5 Å². The third kappa shape index (κ3) is 6.52. The minimum Gasteiger partial charge on any atom is -0.478 e. The van der Waals surface area contributed by atoms with Crippen LogP contribution in [0.25, 0.3) is 0 Å². The Morgan fingerprint density at radius 1 is 0.722 bits per heavy atom. The first-order valence-electron chi connectivity index (χ1n) is 10.9. The number of nitrogens with one attached hydrogen (secondary N) is 2. The maximum atomic E-state index is 13.3. The Labute approximate surface area is 226 Å². The fourth-order valence-electron chi connectivity index (χ4n) is 3.49. The van der Waals surface area contributed by atoms with Crippen molar-refractivity contribution in [1.29, 1.82) is 0 Å². The molecule has 36 heavy (non-hydrogen) atoms. The fraction of sp³-hybridized carbons (Fsp3) is 0.0357. The molecule has 6 nitrogen and oxygen atoms in total. The van der Waals surface area contributed by atoms with Crippen LogP contribution < -0.4 is 10.6 Å². The average Bonchev–Trinajstić information content (AvgIpc) is 2.89. The van der Waals surface area contributed by atoms with Crippen molar-refractivity contribution in [2.45, 2.75) is 10.1 Å². The summed E-state index contributed by atoms with van der Waals surface area (Å²) < 4.78 is 1.07. The molecule has 8 heteroatoms. The van der Waals surface area contributed by atoms with Crippen molar-refractivity contribution in [1.82, 2.24) is 0 Å². The highest BCUT2D eigenvalue weighted by molar-refractivity contribution is 14.1. The number of aromatic carboxylic acids is 1. The molecule has 0 heterocycles. The van der Waals surface area contributed by atoms with E-state index in [4.69, 9.17) is 0 Å². The molecule has 4 aromatic carbocycles. The number of benzene rings is 4. The maximum absolute atomic E-state index is 13.3. The first-order chi connectivity index (χ1) is 17.4. The maximum Gasteiger partial charge on any atom is 0.336 e. The molecule has 4 aromatic rings. The second-order valence-corrected chi connectivity index (χ2v) is 10.2. The summed E-state index contributed by atoms with van der Waals surface area (Å²) in [7, 11) is 0. The van der Waals surface area contributed by atoms with Crippen molar-refractivity contribution in [3.63, 3.8) is 0 Å². The number of carboxylic acids is 1. The molecule has 4 rings (SSSR count). The van der Waals surface area contributed by atoms with Crippen molar-refractivity contribution in [3.05, 3.63) is 123 Å². The molecular formula is C28H21IN2O4S. The molecule has 0 aliphatic rings. The molecule has 2 amide bonds. The van der Waals surface area contributed by atoms with Crippen LogP contribution in [0.2, 0.25) is 0 Å². The molecule has 0 spiro atoms. The Morgan fingerprint density at radius 3 is 2.08 bits per heavy atom. The van der Waals surface area contributed by atoms with Crippen LogP contribution in [0, 0.1) is 3.57 Å². The average molecular weight is 608 g/mol. The van der Waals surface area contributed by atoms with Crippen LogP contribution >= 0.6 is 34.4 Å². The number of hydrogen-bond donors (Lipinski definition) is 3. The van der Waals surface area contributed by atoms with Crippen molar-refractivity contribution >= 4 is 63.5 Å². The van der Waals surface area contributed by atoms with E-state index in [-0.39, 0.29) is 17.0 Å². The zero-order chi connectivity index (χ0) is 25.5. The first-order valence-corrected chi connectivity index (χ1v) is 12.9. The number of rotatable bonds is 8. The molecule has 0 bridgehead atoms. The van der Waals surface area contributed by atoms with Gasteiger partial charge in [-0.25, -0.2) is 4.79 Å². The van der Waals surface area contributed by atoms with Gasteiger partial charge in [0.2, 0.25) is 5.91 Å². The number of carboxylic acid groups (broad SMARTS) is 1. The van der Waals surface area contributed by atoms with Gasteiger partial charge in [0.15, 0.2) is 0 Å². The van der Waals surface area contributed by atoms with E-state index in [1.165, 1.54) is 23.9 Å². The van der Waals surface area contributed by atoms with Crippen LogP contribution in [-0.2, 0) is 4.79 Å². The van der Waals surface area contributed by atoms with Gasteiger partial charge in [0.25, 0.3) is 5.91 Å². The van der Waals surface area contributed by atoms with Crippen molar-refractivity contribution in [2.75, 3.05) is 10.6 Å². The number of amides is 2. The van der Waals surface area contributed by atoms with Gasteiger partial charge in [0.1, 0.15) is 5.25 Å². The number of halogens is 1. The second kappa shape index (κ2) is 11.9. The Hall–Kier alpha value is -3.63. The SMILES string of the molecule is O=C(O)c1ccccc1C(=O)Nc1cccc(SC(C(=O)Nc2ccc(I)cc2)c2ccccc2)c1. The summed E-state index contributed by atoms with van der Waals surface area (Å²) in [4.78, 5) is 38.3. The molecule has 0 aromatic heterocycles. The van der Waals surface area contributed by atoms with E-state index in [9.17, 15) is 19.5 Å². The molecule has 0 saturated heterocycles. The van der Waals surface area contributed by atoms with Crippen molar-refractivity contribution in [2.24, 2.45) is 0 Å². The van der Waals surface area contributed by atoms with Gasteiger partial charge >= 0.3 is 5.97 Å². The van der Waals surface area contributed by atoms with Crippen LogP contribution in [0.5, 0.6) is 0 Å². The highest BCUT2D eigenvalue weighted by Gasteiger charge is 2.23. The Morgan fingerprint density at radius 2 is 1.39 bits per heavy atom. The van der Waals surface area contributed by atoms with Crippen molar-refractivity contribution in [3.8, 4) is 0 Å². The molecule has 180 valence electrons. The zero-order valence-electron chi connectivity index (χ0n) is 18.9. The topological polar surface area (TPSA) is 95.5 Å².